The molecule has 1 aromatic carbocycles. The van der Waals surface area contributed by atoms with E-state index in [9.17, 15) is 5.11 Å². The maximum absolute atomic E-state index is 9.72. The van der Waals surface area contributed by atoms with Crippen molar-refractivity contribution in [3.05, 3.63) is 23.8 Å². The van der Waals surface area contributed by atoms with Crippen molar-refractivity contribution in [2.24, 2.45) is 0 Å². The summed E-state index contributed by atoms with van der Waals surface area (Å²) in [5.41, 5.74) is 1.25. The van der Waals surface area contributed by atoms with Crippen LogP contribution in [0.25, 0.3) is 0 Å². The summed E-state index contributed by atoms with van der Waals surface area (Å²) in [6.45, 7) is 4.37. The lowest BCUT2D eigenvalue weighted by atomic mass is 10.1. The van der Waals surface area contributed by atoms with E-state index in [-0.39, 0.29) is 16.7 Å². The van der Waals surface area contributed by atoms with Gasteiger partial charge in [-0.25, -0.2) is 0 Å². The number of hydrogen-bond acceptors (Lipinski definition) is 4. The molecule has 1 aliphatic heterocycles. The van der Waals surface area contributed by atoms with E-state index in [1.807, 2.05) is 17.8 Å². The Labute approximate surface area is 100 Å². The third-order valence-electron chi connectivity index (χ3n) is 2.64. The molecule has 0 aromatic heterocycles. The van der Waals surface area contributed by atoms with Gasteiger partial charge in [0.2, 0.25) is 0 Å². The Kier molecular flexibility index (Phi) is 3.04. The van der Waals surface area contributed by atoms with Crippen molar-refractivity contribution in [2.75, 3.05) is 12.9 Å². The van der Waals surface area contributed by atoms with Crippen molar-refractivity contribution in [2.45, 2.75) is 24.8 Å². The Balaban J connectivity index is 2.20. The summed E-state index contributed by atoms with van der Waals surface area (Å²) in [6.07, 6.45) is 0. The summed E-state index contributed by atoms with van der Waals surface area (Å²) < 4.78 is 5.03. The highest BCUT2D eigenvalue weighted by atomic mass is 32.2. The number of nitrogens with one attached hydrogen (secondary N) is 1. The van der Waals surface area contributed by atoms with E-state index in [1.165, 1.54) is 0 Å². The topological polar surface area (TPSA) is 41.5 Å². The minimum absolute atomic E-state index is 0.158. The van der Waals surface area contributed by atoms with Crippen LogP contribution in [0.5, 0.6) is 11.5 Å². The number of hydrogen-bond donors (Lipinski definition) is 2. The van der Waals surface area contributed by atoms with Gasteiger partial charge < -0.3 is 9.84 Å². The summed E-state index contributed by atoms with van der Waals surface area (Å²) >= 11 is 1.86. The molecule has 1 aromatic rings. The third-order valence-corrected chi connectivity index (χ3v) is 4.25. The highest BCUT2D eigenvalue weighted by molar-refractivity contribution is 7.99. The van der Waals surface area contributed by atoms with E-state index in [0.717, 1.165) is 11.3 Å². The molecule has 4 heteroatoms. The second-order valence-corrected chi connectivity index (χ2v) is 5.74. The highest BCUT2D eigenvalue weighted by Gasteiger charge is 2.31. The number of ether oxygens (including phenoxy) is 1. The maximum Gasteiger partial charge on any atom is 0.160 e. The molecule has 2 N–H and O–H groups in total. The van der Waals surface area contributed by atoms with E-state index in [4.69, 9.17) is 4.74 Å². The van der Waals surface area contributed by atoms with Crippen LogP contribution in [0, 0.1) is 0 Å². The molecule has 0 radical (unpaired) electrons. The first kappa shape index (κ1) is 11.6. The molecule has 0 saturated carbocycles. The first-order valence-corrected chi connectivity index (χ1v) is 6.33. The zero-order valence-electron chi connectivity index (χ0n) is 9.78. The van der Waals surface area contributed by atoms with Gasteiger partial charge in [0.05, 0.1) is 12.5 Å². The minimum Gasteiger partial charge on any atom is -0.504 e. The molecule has 88 valence electrons. The van der Waals surface area contributed by atoms with Crippen molar-refractivity contribution in [1.29, 1.82) is 0 Å². The van der Waals surface area contributed by atoms with Gasteiger partial charge in [-0.15, -0.1) is 11.8 Å². The van der Waals surface area contributed by atoms with E-state index in [1.54, 1.807) is 19.2 Å². The van der Waals surface area contributed by atoms with E-state index < -0.39 is 0 Å². The zero-order chi connectivity index (χ0) is 11.8. The predicted octanol–water partition coefficient (Wildman–Crippen LogP) is 2.51. The lowest BCUT2D eigenvalue weighted by molar-refractivity contribution is 0.372. The van der Waals surface area contributed by atoms with Crippen molar-refractivity contribution in [1.82, 2.24) is 5.32 Å². The predicted molar refractivity (Wildman–Crippen MR) is 67.1 cm³/mol. The second kappa shape index (κ2) is 4.18. The lowest BCUT2D eigenvalue weighted by Gasteiger charge is -2.19. The number of phenolic OH excluding ortho intramolecular Hbond substituents is 1. The van der Waals surface area contributed by atoms with E-state index in [2.05, 4.69) is 19.2 Å². The van der Waals surface area contributed by atoms with Crippen LogP contribution in [0.1, 0.15) is 24.8 Å². The Bertz CT molecular complexity index is 393. The molecular formula is C12H17NO2S. The monoisotopic (exact) mass is 239 g/mol. The molecule has 0 aliphatic carbocycles. The van der Waals surface area contributed by atoms with Gasteiger partial charge in [-0.2, -0.15) is 0 Å². The van der Waals surface area contributed by atoms with Crippen LogP contribution in [-0.2, 0) is 0 Å². The normalized spacial score (nSPS) is 23.3. The Morgan fingerprint density at radius 3 is 2.75 bits per heavy atom. The van der Waals surface area contributed by atoms with Gasteiger partial charge in [-0.05, 0) is 31.5 Å². The van der Waals surface area contributed by atoms with Crippen LogP contribution < -0.4 is 10.1 Å². The minimum atomic E-state index is 0.158. The number of thioether (sulfide) groups is 1. The number of methoxy groups -OCH3 is 1. The Morgan fingerprint density at radius 2 is 2.25 bits per heavy atom. The number of phenols is 1. The molecule has 0 bridgehead atoms. The zero-order valence-corrected chi connectivity index (χ0v) is 10.6. The summed E-state index contributed by atoms with van der Waals surface area (Å²) in [5, 5.41) is 13.5. The van der Waals surface area contributed by atoms with Crippen molar-refractivity contribution in [3.63, 3.8) is 0 Å². The first-order chi connectivity index (χ1) is 7.52. The van der Waals surface area contributed by atoms with Crippen LogP contribution in [0.15, 0.2) is 18.2 Å². The van der Waals surface area contributed by atoms with Gasteiger partial charge in [0, 0.05) is 11.3 Å². The molecular weight excluding hydrogens is 222 g/mol. The van der Waals surface area contributed by atoms with Gasteiger partial charge in [0.15, 0.2) is 11.5 Å². The fourth-order valence-corrected chi connectivity index (χ4v) is 3.19. The van der Waals surface area contributed by atoms with Gasteiger partial charge >= 0.3 is 0 Å². The van der Waals surface area contributed by atoms with Gasteiger partial charge in [-0.3, -0.25) is 5.32 Å². The summed E-state index contributed by atoms with van der Waals surface area (Å²) in [6, 6.07) is 5.56. The smallest absolute Gasteiger partial charge is 0.160 e. The summed E-state index contributed by atoms with van der Waals surface area (Å²) in [5.74, 6) is 1.79. The number of aromatic hydroxyl groups is 1. The average Bonchev–Trinajstić information content (AvgIpc) is 2.59. The standard InChI is InChI=1S/C12H17NO2S/c1-12(2)7-16-11(13-12)8-4-5-10(15-3)9(14)6-8/h4-6,11,13-14H,7H2,1-3H3. The van der Waals surface area contributed by atoms with E-state index >= 15 is 0 Å². The van der Waals surface area contributed by atoms with Crippen LogP contribution in [0.4, 0.5) is 0 Å². The molecule has 1 aliphatic rings. The molecule has 0 spiro atoms. The first-order valence-electron chi connectivity index (χ1n) is 5.28. The van der Waals surface area contributed by atoms with Crippen LogP contribution in [0.2, 0.25) is 0 Å². The van der Waals surface area contributed by atoms with Crippen molar-refractivity contribution in [3.8, 4) is 11.5 Å². The van der Waals surface area contributed by atoms with Gasteiger partial charge in [-0.1, -0.05) is 6.07 Å². The average molecular weight is 239 g/mol. The molecule has 3 nitrogen and oxygen atoms in total. The second-order valence-electron chi connectivity index (χ2n) is 4.65. The molecule has 1 heterocycles. The SMILES string of the molecule is COc1ccc(C2NC(C)(C)CS2)cc1O. The fourth-order valence-electron chi connectivity index (χ4n) is 1.78. The molecule has 1 unspecified atom stereocenters. The van der Waals surface area contributed by atoms with Crippen LogP contribution in [-0.4, -0.2) is 23.5 Å². The summed E-state index contributed by atoms with van der Waals surface area (Å²) in [7, 11) is 1.56. The van der Waals surface area contributed by atoms with Crippen molar-refractivity contribution < 1.29 is 9.84 Å². The van der Waals surface area contributed by atoms with E-state index in [0.29, 0.717) is 5.75 Å². The Hall–Kier alpha value is -0.870. The largest absolute Gasteiger partial charge is 0.504 e. The third kappa shape index (κ3) is 2.28. The molecule has 1 saturated heterocycles. The number of benzene rings is 1. The molecule has 0 amide bonds. The van der Waals surface area contributed by atoms with Gasteiger partial charge in [0.25, 0.3) is 0 Å². The quantitative estimate of drug-likeness (QED) is 0.832. The molecule has 2 rings (SSSR count). The maximum atomic E-state index is 9.72. The Morgan fingerprint density at radius 1 is 1.50 bits per heavy atom. The lowest BCUT2D eigenvalue weighted by Crippen LogP contribution is -2.35. The molecule has 16 heavy (non-hydrogen) atoms. The van der Waals surface area contributed by atoms with Gasteiger partial charge in [0.1, 0.15) is 0 Å². The van der Waals surface area contributed by atoms with Crippen LogP contribution in [0.3, 0.4) is 0 Å². The van der Waals surface area contributed by atoms with Crippen molar-refractivity contribution >= 4 is 11.8 Å². The summed E-state index contributed by atoms with van der Waals surface area (Å²) in [4.78, 5) is 0. The van der Waals surface area contributed by atoms with Crippen LogP contribution >= 0.6 is 11.8 Å². The highest BCUT2D eigenvalue weighted by Crippen LogP contribution is 2.39. The number of rotatable bonds is 2. The molecule has 1 fully saturated rings. The fraction of sp³-hybridized carbons (Fsp3) is 0.500. The molecule has 1 atom stereocenters.